The molecule has 0 saturated heterocycles. The summed E-state index contributed by atoms with van der Waals surface area (Å²) in [5.74, 6) is 1.75. The zero-order valence-electron chi connectivity index (χ0n) is 13.8. The smallest absolute Gasteiger partial charge is 0.240 e. The van der Waals surface area contributed by atoms with Crippen LogP contribution in [-0.2, 0) is 16.6 Å². The number of benzene rings is 2. The topological polar surface area (TPSA) is 64.6 Å². The number of ether oxygens (including phenoxy) is 2. The van der Waals surface area contributed by atoms with E-state index in [-0.39, 0.29) is 18.2 Å². The van der Waals surface area contributed by atoms with E-state index in [4.69, 9.17) is 9.47 Å². The number of hydrogen-bond acceptors (Lipinski definition) is 4. The van der Waals surface area contributed by atoms with Crippen LogP contribution < -0.4 is 14.2 Å². The Balaban J connectivity index is 1.69. The number of rotatable bonds is 6. The van der Waals surface area contributed by atoms with Gasteiger partial charge in [-0.2, -0.15) is 0 Å². The summed E-state index contributed by atoms with van der Waals surface area (Å²) in [5, 5.41) is 0. The Morgan fingerprint density at radius 3 is 2.50 bits per heavy atom. The lowest BCUT2D eigenvalue weighted by Crippen LogP contribution is -2.23. The molecule has 2 aromatic carbocycles. The molecule has 5 nitrogen and oxygen atoms in total. The minimum atomic E-state index is -3.54. The molecule has 1 aliphatic rings. The van der Waals surface area contributed by atoms with Crippen LogP contribution in [0.4, 0.5) is 0 Å². The Bertz CT molecular complexity index is 815. The van der Waals surface area contributed by atoms with Crippen molar-refractivity contribution in [1.82, 2.24) is 4.72 Å². The van der Waals surface area contributed by atoms with Crippen LogP contribution in [0.2, 0.25) is 0 Å². The molecule has 0 amide bonds. The Morgan fingerprint density at radius 1 is 1.08 bits per heavy atom. The first-order chi connectivity index (χ1) is 11.5. The predicted octanol–water partition coefficient (Wildman–Crippen LogP) is 3.41. The number of nitrogens with one attached hydrogen (secondary N) is 1. The van der Waals surface area contributed by atoms with Gasteiger partial charge >= 0.3 is 0 Å². The first-order valence-corrected chi connectivity index (χ1v) is 9.46. The van der Waals surface area contributed by atoms with Gasteiger partial charge in [-0.1, -0.05) is 32.0 Å². The van der Waals surface area contributed by atoms with E-state index in [1.165, 1.54) is 0 Å². The normalized spacial score (nSPS) is 14.6. The molecule has 0 unspecified atom stereocenters. The Labute approximate surface area is 142 Å². The van der Waals surface area contributed by atoms with Gasteiger partial charge < -0.3 is 9.47 Å². The van der Waals surface area contributed by atoms with Gasteiger partial charge in [0.2, 0.25) is 16.8 Å². The fraction of sp³-hybridized carbons (Fsp3) is 0.333. The van der Waals surface area contributed by atoms with E-state index >= 15 is 0 Å². The van der Waals surface area contributed by atoms with Gasteiger partial charge in [0.15, 0.2) is 11.5 Å². The van der Waals surface area contributed by atoms with Crippen LogP contribution in [0, 0.1) is 0 Å². The van der Waals surface area contributed by atoms with Gasteiger partial charge in [0.05, 0.1) is 4.90 Å². The fourth-order valence-electron chi connectivity index (χ4n) is 2.52. The fourth-order valence-corrected chi connectivity index (χ4v) is 3.54. The first kappa shape index (κ1) is 16.8. The maximum absolute atomic E-state index is 12.4. The lowest BCUT2D eigenvalue weighted by Gasteiger charge is -2.11. The molecule has 0 radical (unpaired) electrons. The average molecular weight is 347 g/mol. The van der Waals surface area contributed by atoms with Crippen LogP contribution >= 0.6 is 0 Å². The quantitative estimate of drug-likeness (QED) is 0.870. The third-order valence-corrected chi connectivity index (χ3v) is 5.69. The molecule has 0 aliphatic carbocycles. The molecule has 1 aliphatic heterocycles. The summed E-state index contributed by atoms with van der Waals surface area (Å²) < 4.78 is 38.0. The molecule has 1 N–H and O–H groups in total. The SMILES string of the molecule is CC[C@H](C)c1ccc(S(=O)(=O)NCc2ccc3c(c2)OCO3)cc1. The van der Waals surface area contributed by atoms with Crippen molar-refractivity contribution in [1.29, 1.82) is 0 Å². The number of fused-ring (bicyclic) bond motifs is 1. The maximum Gasteiger partial charge on any atom is 0.240 e. The zero-order valence-corrected chi connectivity index (χ0v) is 14.6. The van der Waals surface area contributed by atoms with Crippen LogP contribution in [0.15, 0.2) is 47.4 Å². The average Bonchev–Trinajstić information content (AvgIpc) is 3.07. The summed E-state index contributed by atoms with van der Waals surface area (Å²) >= 11 is 0. The summed E-state index contributed by atoms with van der Waals surface area (Å²) in [6.07, 6.45) is 1.02. The monoisotopic (exact) mass is 347 g/mol. The van der Waals surface area contributed by atoms with Crippen LogP contribution in [0.5, 0.6) is 11.5 Å². The molecule has 2 aromatic rings. The van der Waals surface area contributed by atoms with E-state index in [0.717, 1.165) is 17.5 Å². The molecule has 0 aromatic heterocycles. The van der Waals surface area contributed by atoms with Crippen LogP contribution in [-0.4, -0.2) is 15.2 Å². The first-order valence-electron chi connectivity index (χ1n) is 7.98. The van der Waals surface area contributed by atoms with E-state index in [2.05, 4.69) is 18.6 Å². The Hall–Kier alpha value is -2.05. The van der Waals surface area contributed by atoms with Gasteiger partial charge in [-0.3, -0.25) is 0 Å². The molecule has 24 heavy (non-hydrogen) atoms. The Kier molecular flexibility index (Phi) is 4.78. The van der Waals surface area contributed by atoms with Gasteiger partial charge in [0.25, 0.3) is 0 Å². The minimum absolute atomic E-state index is 0.200. The highest BCUT2D eigenvalue weighted by atomic mass is 32.2. The van der Waals surface area contributed by atoms with Gasteiger partial charge in [-0.25, -0.2) is 13.1 Å². The highest BCUT2D eigenvalue weighted by Crippen LogP contribution is 2.32. The van der Waals surface area contributed by atoms with Crippen molar-refractivity contribution in [2.45, 2.75) is 37.6 Å². The largest absolute Gasteiger partial charge is 0.454 e. The standard InChI is InChI=1S/C18H21NO4S/c1-3-13(2)15-5-7-16(8-6-15)24(20,21)19-11-14-4-9-17-18(10-14)23-12-22-17/h4-10,13,19H,3,11-12H2,1-2H3/t13-/m0/s1. The molecule has 1 heterocycles. The summed E-state index contributed by atoms with van der Waals surface area (Å²) in [5.41, 5.74) is 1.96. The molecular formula is C18H21NO4S. The molecule has 0 fully saturated rings. The lowest BCUT2D eigenvalue weighted by atomic mass is 9.99. The van der Waals surface area contributed by atoms with Crippen LogP contribution in [0.25, 0.3) is 0 Å². The molecule has 0 spiro atoms. The van der Waals surface area contributed by atoms with E-state index < -0.39 is 10.0 Å². The molecule has 0 saturated carbocycles. The molecule has 6 heteroatoms. The van der Waals surface area contributed by atoms with Crippen molar-refractivity contribution in [2.24, 2.45) is 0 Å². The van der Waals surface area contributed by atoms with Crippen molar-refractivity contribution in [3.05, 3.63) is 53.6 Å². The number of hydrogen-bond donors (Lipinski definition) is 1. The molecule has 128 valence electrons. The second-order valence-electron chi connectivity index (χ2n) is 5.89. The predicted molar refractivity (Wildman–Crippen MR) is 91.7 cm³/mol. The third kappa shape index (κ3) is 3.55. The van der Waals surface area contributed by atoms with Crippen molar-refractivity contribution in [3.63, 3.8) is 0 Å². The Morgan fingerprint density at radius 2 is 1.79 bits per heavy atom. The van der Waals surface area contributed by atoms with E-state index in [9.17, 15) is 8.42 Å². The molecule has 3 rings (SSSR count). The van der Waals surface area contributed by atoms with Gasteiger partial charge in [-0.15, -0.1) is 0 Å². The highest BCUT2D eigenvalue weighted by Gasteiger charge is 2.16. The molecular weight excluding hydrogens is 326 g/mol. The van der Waals surface area contributed by atoms with Crippen LogP contribution in [0.1, 0.15) is 37.3 Å². The van der Waals surface area contributed by atoms with E-state index in [0.29, 0.717) is 17.4 Å². The summed E-state index contributed by atoms with van der Waals surface area (Å²) in [6.45, 7) is 4.64. The zero-order chi connectivity index (χ0) is 17.2. The third-order valence-electron chi connectivity index (χ3n) is 4.28. The number of sulfonamides is 1. The highest BCUT2D eigenvalue weighted by molar-refractivity contribution is 7.89. The van der Waals surface area contributed by atoms with Crippen molar-refractivity contribution < 1.29 is 17.9 Å². The van der Waals surface area contributed by atoms with Crippen molar-refractivity contribution >= 4 is 10.0 Å². The molecule has 0 bridgehead atoms. The second kappa shape index (κ2) is 6.83. The van der Waals surface area contributed by atoms with Crippen molar-refractivity contribution in [2.75, 3.05) is 6.79 Å². The van der Waals surface area contributed by atoms with E-state index in [1.807, 2.05) is 18.2 Å². The lowest BCUT2D eigenvalue weighted by molar-refractivity contribution is 0.174. The minimum Gasteiger partial charge on any atom is -0.454 e. The maximum atomic E-state index is 12.4. The van der Waals surface area contributed by atoms with Gasteiger partial charge in [0, 0.05) is 6.54 Å². The van der Waals surface area contributed by atoms with E-state index in [1.54, 1.807) is 24.3 Å². The molecule has 1 atom stereocenters. The summed E-state index contributed by atoms with van der Waals surface area (Å²) in [4.78, 5) is 0.273. The summed E-state index contributed by atoms with van der Waals surface area (Å²) in [6, 6.07) is 12.5. The van der Waals surface area contributed by atoms with Gasteiger partial charge in [0.1, 0.15) is 0 Å². The van der Waals surface area contributed by atoms with Crippen LogP contribution in [0.3, 0.4) is 0 Å². The van der Waals surface area contributed by atoms with Crippen molar-refractivity contribution in [3.8, 4) is 11.5 Å². The summed E-state index contributed by atoms with van der Waals surface area (Å²) in [7, 11) is -3.54. The van der Waals surface area contributed by atoms with Gasteiger partial charge in [-0.05, 0) is 47.7 Å². The second-order valence-corrected chi connectivity index (χ2v) is 7.66.